The number of aliphatic hydroxyl groups excluding tert-OH is 2. The molecule has 248 valence electrons. The van der Waals surface area contributed by atoms with Crippen molar-refractivity contribution in [2.45, 2.75) is 18.0 Å². The summed E-state index contributed by atoms with van der Waals surface area (Å²) in [4.78, 5) is 15.7. The second-order valence-corrected chi connectivity index (χ2v) is 10.4. The Morgan fingerprint density at radius 3 is 1.52 bits per heavy atom. The molecular formula is C27H28F4N6O8S. The normalized spacial score (nSPS) is 12.4. The molecule has 4 rings (SSSR count). The van der Waals surface area contributed by atoms with E-state index in [9.17, 15) is 36.2 Å². The number of sulfonamides is 1. The number of anilines is 2. The Hall–Kier alpha value is -5.01. The Morgan fingerprint density at radius 1 is 0.717 bits per heavy atom. The number of nitrogens with zero attached hydrogens (tertiary/aromatic N) is 4. The molecule has 19 heteroatoms. The number of hydrogen-bond acceptors (Lipinski definition) is 13. The summed E-state index contributed by atoms with van der Waals surface area (Å²) >= 11 is 0. The van der Waals surface area contributed by atoms with Crippen LogP contribution in [0.1, 0.15) is 35.0 Å². The molecule has 2 aromatic heterocycles. The van der Waals surface area contributed by atoms with Crippen molar-refractivity contribution in [2.75, 3.05) is 38.9 Å². The van der Waals surface area contributed by atoms with Crippen molar-refractivity contribution in [1.82, 2.24) is 19.9 Å². The third-order valence-corrected chi connectivity index (χ3v) is 6.88. The number of nitrogens with one attached hydrogen (secondary N) is 1. The minimum absolute atomic E-state index is 0.0111. The molecule has 0 aliphatic rings. The molecule has 0 aliphatic heterocycles. The number of rotatable bonds is 11. The number of benzene rings is 2. The van der Waals surface area contributed by atoms with Crippen molar-refractivity contribution in [3.8, 4) is 23.5 Å². The van der Waals surface area contributed by atoms with Crippen LogP contribution >= 0.6 is 0 Å². The summed E-state index contributed by atoms with van der Waals surface area (Å²) < 4.78 is 96.7. The largest absolute Gasteiger partial charge is 0.481 e. The minimum atomic E-state index is -5.16. The topological polar surface area (TPSA) is 201 Å². The monoisotopic (exact) mass is 672 g/mol. The number of nitrogen functional groups attached to an aromatic ring is 1. The summed E-state index contributed by atoms with van der Waals surface area (Å²) in [6.07, 6.45) is -3.04. The third kappa shape index (κ3) is 8.37. The van der Waals surface area contributed by atoms with Gasteiger partial charge in [-0.25, -0.2) is 17.2 Å². The Labute approximate surface area is 259 Å². The fraction of sp³-hybridized carbons (Fsp3) is 0.259. The van der Waals surface area contributed by atoms with E-state index in [1.54, 1.807) is 0 Å². The van der Waals surface area contributed by atoms with Gasteiger partial charge in [0.15, 0.2) is 11.6 Å². The first-order valence-electron chi connectivity index (χ1n) is 12.7. The summed E-state index contributed by atoms with van der Waals surface area (Å²) in [7, 11) is 0.276. The van der Waals surface area contributed by atoms with Gasteiger partial charge in [-0.2, -0.15) is 28.7 Å². The smallest absolute Gasteiger partial charge is 0.355 e. The zero-order valence-corrected chi connectivity index (χ0v) is 25.3. The molecule has 0 radical (unpaired) electrons. The zero-order chi connectivity index (χ0) is 34.2. The Kier molecular flexibility index (Phi) is 11.8. The highest BCUT2D eigenvalue weighted by Crippen LogP contribution is 2.32. The van der Waals surface area contributed by atoms with Crippen LogP contribution in [-0.4, -0.2) is 72.8 Å². The van der Waals surface area contributed by atoms with E-state index in [4.69, 9.17) is 24.7 Å². The van der Waals surface area contributed by atoms with Gasteiger partial charge in [-0.1, -0.05) is 24.3 Å². The number of aliphatic hydroxyl groups is 2. The minimum Gasteiger partial charge on any atom is -0.481 e. The average Bonchev–Trinajstić information content (AvgIpc) is 3.05. The molecule has 0 amide bonds. The highest BCUT2D eigenvalue weighted by molar-refractivity contribution is 7.93. The molecular weight excluding hydrogens is 644 g/mol. The van der Waals surface area contributed by atoms with Crippen LogP contribution in [0.4, 0.5) is 28.9 Å². The third-order valence-electron chi connectivity index (χ3n) is 5.92. The van der Waals surface area contributed by atoms with E-state index < -0.39 is 45.3 Å². The maximum absolute atomic E-state index is 14.0. The zero-order valence-electron chi connectivity index (χ0n) is 24.5. The number of hydrogen-bond donors (Lipinski definition) is 4. The predicted molar refractivity (Wildman–Crippen MR) is 154 cm³/mol. The molecule has 2 unspecified atom stereocenters. The fourth-order valence-corrected chi connectivity index (χ4v) is 4.23. The quantitative estimate of drug-likeness (QED) is 0.134. The highest BCUT2D eigenvalue weighted by Gasteiger charge is 2.29. The summed E-state index contributed by atoms with van der Waals surface area (Å²) in [5.74, 6) is -5.41. The van der Waals surface area contributed by atoms with Gasteiger partial charge in [-0.3, -0.25) is 4.72 Å². The molecule has 4 aromatic rings. The van der Waals surface area contributed by atoms with Crippen LogP contribution in [0.3, 0.4) is 0 Å². The molecule has 2 heterocycles. The maximum Gasteiger partial charge on any atom is 0.355 e. The summed E-state index contributed by atoms with van der Waals surface area (Å²) in [5, 5.41) is 20.7. The average molecular weight is 673 g/mol. The standard InChI is InChI=1S/C14H14F3N3O5S.C13H14FN3O3/c1-24-9-6-10(25-2)19-13(18-9)12(21)7-4-3-5-8(15)11(7)20-26(22,23)14(16)17;1-19-9-6-10(20-2)17-13(16-9)12(18)7-4-3-5-8(14)11(7)15/h3-6,12,14,20-21H,1-2H3;3-6,12,18H,15H2,1-2H3. The molecule has 0 bridgehead atoms. The maximum atomic E-state index is 14.0. The van der Waals surface area contributed by atoms with E-state index in [0.717, 1.165) is 18.2 Å². The van der Waals surface area contributed by atoms with Crippen LogP contribution in [0, 0.1) is 11.6 Å². The van der Waals surface area contributed by atoms with Crippen molar-refractivity contribution in [3.05, 3.63) is 82.9 Å². The highest BCUT2D eigenvalue weighted by atomic mass is 32.2. The van der Waals surface area contributed by atoms with Gasteiger partial charge in [-0.15, -0.1) is 0 Å². The van der Waals surface area contributed by atoms with Gasteiger partial charge < -0.3 is 34.9 Å². The van der Waals surface area contributed by atoms with Gasteiger partial charge in [0.05, 0.1) is 51.9 Å². The first kappa shape index (κ1) is 35.5. The molecule has 46 heavy (non-hydrogen) atoms. The van der Waals surface area contributed by atoms with E-state index >= 15 is 0 Å². The van der Waals surface area contributed by atoms with Crippen molar-refractivity contribution in [3.63, 3.8) is 0 Å². The number of para-hydroxylation sites is 2. The van der Waals surface area contributed by atoms with Crippen LogP contribution in [-0.2, 0) is 10.0 Å². The molecule has 14 nitrogen and oxygen atoms in total. The molecule has 0 aliphatic carbocycles. The van der Waals surface area contributed by atoms with Crippen LogP contribution < -0.4 is 29.4 Å². The van der Waals surface area contributed by atoms with Crippen molar-refractivity contribution >= 4 is 21.4 Å². The van der Waals surface area contributed by atoms with E-state index in [2.05, 4.69) is 19.9 Å². The Balaban J connectivity index is 0.000000259. The van der Waals surface area contributed by atoms with Gasteiger partial charge in [0.1, 0.15) is 23.8 Å². The molecule has 0 saturated carbocycles. The van der Waals surface area contributed by atoms with Crippen molar-refractivity contribution in [2.24, 2.45) is 0 Å². The van der Waals surface area contributed by atoms with Crippen molar-refractivity contribution < 1.29 is 55.1 Å². The van der Waals surface area contributed by atoms with Gasteiger partial charge >= 0.3 is 5.76 Å². The second-order valence-electron chi connectivity index (χ2n) is 8.78. The van der Waals surface area contributed by atoms with Crippen molar-refractivity contribution in [1.29, 1.82) is 0 Å². The SMILES string of the molecule is COc1cc(OC)nc(C(O)c2cccc(F)c2N)n1.COc1cc(OC)nc(C(O)c2cccc(F)c2NS(=O)(=O)C(F)F)n1. The number of alkyl halides is 2. The number of methoxy groups -OCH3 is 4. The number of aromatic nitrogens is 4. The Morgan fingerprint density at radius 2 is 1.11 bits per heavy atom. The van der Waals surface area contributed by atoms with Crippen LogP contribution in [0.2, 0.25) is 0 Å². The number of nitrogens with two attached hydrogens (primary N) is 1. The second kappa shape index (κ2) is 15.3. The molecule has 2 aromatic carbocycles. The van der Waals surface area contributed by atoms with E-state index in [-0.39, 0.29) is 52.0 Å². The lowest BCUT2D eigenvalue weighted by molar-refractivity contribution is 0.206. The first-order valence-corrected chi connectivity index (χ1v) is 14.2. The molecule has 2 atom stereocenters. The fourth-order valence-electron chi connectivity index (χ4n) is 3.64. The molecule has 0 saturated heterocycles. The lowest BCUT2D eigenvalue weighted by Crippen LogP contribution is -2.23. The van der Waals surface area contributed by atoms with Gasteiger partial charge in [0, 0.05) is 11.1 Å². The summed E-state index contributed by atoms with van der Waals surface area (Å²) in [6, 6.07) is 10.1. The Bertz CT molecular complexity index is 1730. The van der Waals surface area contributed by atoms with E-state index in [1.165, 1.54) is 63.5 Å². The van der Waals surface area contributed by atoms with Crippen LogP contribution in [0.5, 0.6) is 23.5 Å². The summed E-state index contributed by atoms with van der Waals surface area (Å²) in [6.45, 7) is 0. The van der Waals surface area contributed by atoms with Gasteiger partial charge in [0.2, 0.25) is 23.5 Å². The van der Waals surface area contributed by atoms with Gasteiger partial charge in [-0.05, 0) is 12.1 Å². The predicted octanol–water partition coefficient (Wildman–Crippen LogP) is 2.98. The lowest BCUT2D eigenvalue weighted by atomic mass is 10.1. The first-order chi connectivity index (χ1) is 21.8. The number of ether oxygens (including phenoxy) is 4. The van der Waals surface area contributed by atoms with E-state index in [0.29, 0.717) is 0 Å². The van der Waals surface area contributed by atoms with Gasteiger partial charge in [0.25, 0.3) is 10.0 Å². The molecule has 0 fully saturated rings. The molecule has 5 N–H and O–H groups in total. The summed E-state index contributed by atoms with van der Waals surface area (Å²) in [5.41, 5.74) is 4.43. The number of halogens is 4. The van der Waals surface area contributed by atoms with E-state index in [1.807, 2.05) is 0 Å². The van der Waals surface area contributed by atoms with Crippen LogP contribution in [0.25, 0.3) is 0 Å². The lowest BCUT2D eigenvalue weighted by Gasteiger charge is -2.17. The van der Waals surface area contributed by atoms with Crippen LogP contribution in [0.15, 0.2) is 48.5 Å². The molecule has 0 spiro atoms.